The first-order valence-electron chi connectivity index (χ1n) is 4.61. The molecule has 3 nitrogen and oxygen atoms in total. The standard InChI is InChI=1S/C10H14O3S.Li.H/c1-2-3-6-9-7-4-5-8-10(9)14(11,12)13;;/h4-5,7-8H,2-3,6H2,1H3,(H,11,12,13);;/q;+1;-1. The second kappa shape index (κ2) is 6.34. The van der Waals surface area contributed by atoms with Crippen LogP contribution in [0.4, 0.5) is 0 Å². The summed E-state index contributed by atoms with van der Waals surface area (Å²) in [5, 5.41) is 0. The molecule has 0 bridgehead atoms. The van der Waals surface area contributed by atoms with E-state index in [1.165, 1.54) is 6.07 Å². The van der Waals surface area contributed by atoms with Gasteiger partial charge in [0.05, 0.1) is 4.90 Å². The van der Waals surface area contributed by atoms with Crippen molar-refractivity contribution in [2.24, 2.45) is 0 Å². The monoisotopic (exact) mass is 222 g/mol. The normalized spacial score (nSPS) is 10.8. The van der Waals surface area contributed by atoms with E-state index < -0.39 is 10.1 Å². The van der Waals surface area contributed by atoms with Crippen molar-refractivity contribution in [2.75, 3.05) is 0 Å². The molecule has 1 rings (SSSR count). The Morgan fingerprint density at radius 3 is 2.47 bits per heavy atom. The minimum Gasteiger partial charge on any atom is -1.00 e. The van der Waals surface area contributed by atoms with Crippen LogP contribution in [0, 0.1) is 0 Å². The zero-order valence-corrected chi connectivity index (χ0v) is 9.92. The number of rotatable bonds is 4. The molecule has 0 amide bonds. The molecule has 0 unspecified atom stereocenters. The molecule has 0 atom stereocenters. The fourth-order valence-corrected chi connectivity index (χ4v) is 2.08. The molecule has 0 fully saturated rings. The molecule has 0 saturated heterocycles. The summed E-state index contributed by atoms with van der Waals surface area (Å²) in [6.07, 6.45) is 2.61. The Bertz CT molecular complexity index is 406. The first-order chi connectivity index (χ1) is 6.55. The fourth-order valence-electron chi connectivity index (χ4n) is 1.33. The summed E-state index contributed by atoms with van der Waals surface area (Å²) in [6.45, 7) is 2.04. The molecular formula is C10H15LiO3S. The van der Waals surface area contributed by atoms with E-state index in [1.807, 2.05) is 6.92 Å². The molecule has 80 valence electrons. The molecule has 0 aliphatic carbocycles. The smallest absolute Gasteiger partial charge is 1.00 e. The topological polar surface area (TPSA) is 54.4 Å². The summed E-state index contributed by atoms with van der Waals surface area (Å²) in [4.78, 5) is 0.0356. The van der Waals surface area contributed by atoms with Gasteiger partial charge < -0.3 is 1.43 Å². The maximum absolute atomic E-state index is 11.0. The Kier molecular flexibility index (Phi) is 6.23. The third kappa shape index (κ3) is 4.39. The van der Waals surface area contributed by atoms with Gasteiger partial charge in [0.25, 0.3) is 10.1 Å². The van der Waals surface area contributed by atoms with Crippen molar-refractivity contribution in [3.8, 4) is 0 Å². The molecular weight excluding hydrogens is 207 g/mol. The third-order valence-corrected chi connectivity index (χ3v) is 3.00. The van der Waals surface area contributed by atoms with Gasteiger partial charge in [0.1, 0.15) is 0 Å². The van der Waals surface area contributed by atoms with E-state index in [-0.39, 0.29) is 25.2 Å². The zero-order chi connectivity index (χ0) is 10.6. The molecule has 1 aromatic rings. The largest absolute Gasteiger partial charge is 1.00 e. The molecule has 5 heteroatoms. The predicted octanol–water partition coefficient (Wildman–Crippen LogP) is -0.608. The van der Waals surface area contributed by atoms with Crippen molar-refractivity contribution in [2.45, 2.75) is 31.1 Å². The van der Waals surface area contributed by atoms with E-state index in [0.29, 0.717) is 12.0 Å². The van der Waals surface area contributed by atoms with E-state index in [0.717, 1.165) is 12.8 Å². The van der Waals surface area contributed by atoms with E-state index in [4.69, 9.17) is 4.55 Å². The van der Waals surface area contributed by atoms with E-state index >= 15 is 0 Å². The van der Waals surface area contributed by atoms with Crippen molar-refractivity contribution in [3.63, 3.8) is 0 Å². The molecule has 0 aliphatic rings. The van der Waals surface area contributed by atoms with E-state index in [1.54, 1.807) is 18.2 Å². The molecule has 0 aliphatic heterocycles. The maximum Gasteiger partial charge on any atom is 1.00 e. The zero-order valence-electron chi connectivity index (χ0n) is 10.1. The van der Waals surface area contributed by atoms with Crippen molar-refractivity contribution in [1.82, 2.24) is 0 Å². The molecule has 1 aromatic carbocycles. The van der Waals surface area contributed by atoms with Crippen molar-refractivity contribution < 1.29 is 33.3 Å². The summed E-state index contributed by atoms with van der Waals surface area (Å²) < 4.78 is 30.9. The average molecular weight is 222 g/mol. The second-order valence-electron chi connectivity index (χ2n) is 3.19. The minimum absolute atomic E-state index is 0. The van der Waals surface area contributed by atoms with Crippen molar-refractivity contribution in [3.05, 3.63) is 29.8 Å². The SMILES string of the molecule is CCCCc1ccccc1S(=O)(=O)O.[H-].[Li+]. The molecule has 0 heterocycles. The van der Waals surface area contributed by atoms with Crippen LogP contribution in [0.1, 0.15) is 26.8 Å². The van der Waals surface area contributed by atoms with Gasteiger partial charge in [-0.25, -0.2) is 0 Å². The number of unbranched alkanes of at least 4 members (excludes halogenated alkanes) is 1. The summed E-state index contributed by atoms with van der Waals surface area (Å²) >= 11 is 0. The van der Waals surface area contributed by atoms with Gasteiger partial charge >= 0.3 is 18.9 Å². The molecule has 15 heavy (non-hydrogen) atoms. The summed E-state index contributed by atoms with van der Waals surface area (Å²) in [5.41, 5.74) is 0.692. The summed E-state index contributed by atoms with van der Waals surface area (Å²) in [6, 6.07) is 6.55. The van der Waals surface area contributed by atoms with Crippen LogP contribution in [0.2, 0.25) is 0 Å². The number of benzene rings is 1. The van der Waals surface area contributed by atoms with Gasteiger partial charge in [0, 0.05) is 0 Å². The van der Waals surface area contributed by atoms with Gasteiger partial charge in [-0.2, -0.15) is 8.42 Å². The van der Waals surface area contributed by atoms with Crippen LogP contribution in [0.15, 0.2) is 29.2 Å². The van der Waals surface area contributed by atoms with Gasteiger partial charge in [-0.05, 0) is 24.5 Å². The van der Waals surface area contributed by atoms with E-state index in [2.05, 4.69) is 0 Å². The molecule has 0 saturated carbocycles. The number of aryl methyl sites for hydroxylation is 1. The Labute approximate surface area is 104 Å². The summed E-state index contributed by atoms with van der Waals surface area (Å²) in [5.74, 6) is 0. The summed E-state index contributed by atoms with van der Waals surface area (Å²) in [7, 11) is -4.06. The number of hydrogen-bond acceptors (Lipinski definition) is 2. The third-order valence-electron chi connectivity index (χ3n) is 2.05. The maximum atomic E-state index is 11.0. The van der Waals surface area contributed by atoms with Crippen molar-refractivity contribution >= 4 is 10.1 Å². The first kappa shape index (κ1) is 14.7. The van der Waals surface area contributed by atoms with Crippen LogP contribution >= 0.6 is 0 Å². The number of hydrogen-bond donors (Lipinski definition) is 1. The molecule has 0 spiro atoms. The average Bonchev–Trinajstić information content (AvgIpc) is 2.14. The Morgan fingerprint density at radius 2 is 1.93 bits per heavy atom. The van der Waals surface area contributed by atoms with Gasteiger partial charge in [0.2, 0.25) is 0 Å². The van der Waals surface area contributed by atoms with Crippen LogP contribution in [0.5, 0.6) is 0 Å². The molecule has 0 aromatic heterocycles. The van der Waals surface area contributed by atoms with Gasteiger partial charge in [0.15, 0.2) is 0 Å². The van der Waals surface area contributed by atoms with Gasteiger partial charge in [-0.15, -0.1) is 0 Å². The molecule has 1 N–H and O–H groups in total. The second-order valence-corrected chi connectivity index (χ2v) is 4.58. The Balaban J connectivity index is 0. The predicted molar refractivity (Wildman–Crippen MR) is 56.0 cm³/mol. The van der Waals surface area contributed by atoms with Gasteiger partial charge in [-0.1, -0.05) is 31.5 Å². The van der Waals surface area contributed by atoms with Crippen LogP contribution in [-0.4, -0.2) is 13.0 Å². The quantitative estimate of drug-likeness (QED) is 0.546. The molecule has 0 radical (unpaired) electrons. The Morgan fingerprint density at radius 1 is 1.33 bits per heavy atom. The van der Waals surface area contributed by atoms with Crippen LogP contribution < -0.4 is 18.9 Å². The van der Waals surface area contributed by atoms with Crippen LogP contribution in [-0.2, 0) is 16.5 Å². The Hall–Kier alpha value is -0.273. The minimum atomic E-state index is -4.06. The first-order valence-corrected chi connectivity index (χ1v) is 6.05. The van der Waals surface area contributed by atoms with Gasteiger partial charge in [-0.3, -0.25) is 4.55 Å². The van der Waals surface area contributed by atoms with E-state index in [9.17, 15) is 8.42 Å². The fraction of sp³-hybridized carbons (Fsp3) is 0.400. The van der Waals surface area contributed by atoms with Crippen LogP contribution in [0.3, 0.4) is 0 Å². The van der Waals surface area contributed by atoms with Crippen molar-refractivity contribution in [1.29, 1.82) is 0 Å². The van der Waals surface area contributed by atoms with Crippen LogP contribution in [0.25, 0.3) is 0 Å².